The van der Waals surface area contributed by atoms with Gasteiger partial charge in [0.15, 0.2) is 0 Å². The lowest BCUT2D eigenvalue weighted by molar-refractivity contribution is -0.119. The molecule has 0 aromatic heterocycles. The van der Waals surface area contributed by atoms with Gasteiger partial charge in [0.25, 0.3) is 0 Å². The smallest absolute Gasteiger partial charge is 0.230 e. The van der Waals surface area contributed by atoms with E-state index in [1.165, 1.54) is 23.4 Å². The van der Waals surface area contributed by atoms with Crippen molar-refractivity contribution in [3.63, 3.8) is 0 Å². The second kappa shape index (κ2) is 9.09. The summed E-state index contributed by atoms with van der Waals surface area (Å²) in [4.78, 5) is 12.1. The third-order valence-corrected chi connectivity index (χ3v) is 4.95. The molecule has 2 aromatic rings. The molecule has 0 bridgehead atoms. The number of amides is 1. The number of aryl methyl sites for hydroxylation is 1. The van der Waals surface area contributed by atoms with Crippen LogP contribution >= 0.6 is 23.4 Å². The molecule has 2 aromatic carbocycles. The highest BCUT2D eigenvalue weighted by Gasteiger charge is 2.13. The summed E-state index contributed by atoms with van der Waals surface area (Å²) in [6.45, 7) is 4.08. The van der Waals surface area contributed by atoms with E-state index in [1.54, 1.807) is 12.1 Å². The van der Waals surface area contributed by atoms with E-state index in [1.807, 2.05) is 38.1 Å². The summed E-state index contributed by atoms with van der Waals surface area (Å²) in [6.07, 6.45) is 0.825. The lowest BCUT2D eigenvalue weighted by Crippen LogP contribution is -2.29. The minimum absolute atomic E-state index is 0.00553. The van der Waals surface area contributed by atoms with E-state index in [0.29, 0.717) is 22.1 Å². The molecule has 1 atom stereocenters. The van der Waals surface area contributed by atoms with Crippen LogP contribution in [0.2, 0.25) is 5.02 Å². The summed E-state index contributed by atoms with van der Waals surface area (Å²) < 4.78 is 13.7. The fourth-order valence-electron chi connectivity index (χ4n) is 2.35. The van der Waals surface area contributed by atoms with Crippen molar-refractivity contribution in [2.24, 2.45) is 0 Å². The lowest BCUT2D eigenvalue weighted by atomic mass is 10.0. The van der Waals surface area contributed by atoms with Crippen LogP contribution in [0.15, 0.2) is 42.5 Å². The maximum atomic E-state index is 13.7. The van der Waals surface area contributed by atoms with Crippen molar-refractivity contribution >= 4 is 29.3 Å². The molecule has 0 aliphatic rings. The van der Waals surface area contributed by atoms with Gasteiger partial charge in [-0.25, -0.2) is 4.39 Å². The van der Waals surface area contributed by atoms with Crippen LogP contribution in [0.4, 0.5) is 4.39 Å². The second-order valence-electron chi connectivity index (χ2n) is 5.67. The molecule has 0 fully saturated rings. The Balaban J connectivity index is 1.84. The molecule has 1 unspecified atom stereocenters. The maximum Gasteiger partial charge on any atom is 0.230 e. The second-order valence-corrected chi connectivity index (χ2v) is 7.09. The van der Waals surface area contributed by atoms with E-state index in [-0.39, 0.29) is 17.8 Å². The standard InChI is InChI=1S/C19H21ClFNOS/c1-3-18(14-6-4-13(2)5-7-14)22-19(23)12-24-11-15-8-9-16(20)10-17(15)21/h4-10,18H,3,11-12H2,1-2H3,(H,22,23). The van der Waals surface area contributed by atoms with Crippen LogP contribution in [-0.4, -0.2) is 11.7 Å². The van der Waals surface area contributed by atoms with Crippen LogP contribution in [0.5, 0.6) is 0 Å². The Bertz CT molecular complexity index is 690. The number of carbonyl (C=O) groups is 1. The number of hydrogen-bond acceptors (Lipinski definition) is 2. The van der Waals surface area contributed by atoms with Gasteiger partial charge in [-0.05, 0) is 36.6 Å². The molecule has 128 valence electrons. The van der Waals surface area contributed by atoms with E-state index in [4.69, 9.17) is 11.6 Å². The van der Waals surface area contributed by atoms with Gasteiger partial charge < -0.3 is 5.32 Å². The van der Waals surface area contributed by atoms with Crippen molar-refractivity contribution in [2.45, 2.75) is 32.1 Å². The average molecular weight is 366 g/mol. The van der Waals surface area contributed by atoms with Gasteiger partial charge in [-0.3, -0.25) is 4.79 Å². The van der Waals surface area contributed by atoms with Crippen LogP contribution in [0.3, 0.4) is 0 Å². The van der Waals surface area contributed by atoms with Gasteiger partial charge in [-0.15, -0.1) is 11.8 Å². The number of thioether (sulfide) groups is 1. The van der Waals surface area contributed by atoms with E-state index >= 15 is 0 Å². The van der Waals surface area contributed by atoms with Gasteiger partial charge in [0.1, 0.15) is 5.82 Å². The summed E-state index contributed by atoms with van der Waals surface area (Å²) in [5.74, 6) is 0.366. The van der Waals surface area contributed by atoms with Crippen molar-refractivity contribution in [2.75, 3.05) is 5.75 Å². The van der Waals surface area contributed by atoms with Gasteiger partial charge in [0.05, 0.1) is 11.8 Å². The monoisotopic (exact) mass is 365 g/mol. The highest BCUT2D eigenvalue weighted by atomic mass is 35.5. The number of rotatable bonds is 7. The molecule has 0 heterocycles. The third-order valence-electron chi connectivity index (χ3n) is 3.73. The summed E-state index contributed by atoms with van der Waals surface area (Å²) in [5.41, 5.74) is 2.86. The fourth-order valence-corrected chi connectivity index (χ4v) is 3.33. The Morgan fingerprint density at radius 1 is 1.25 bits per heavy atom. The number of halogens is 2. The minimum atomic E-state index is -0.332. The highest BCUT2D eigenvalue weighted by Crippen LogP contribution is 2.20. The van der Waals surface area contributed by atoms with Gasteiger partial charge in [-0.2, -0.15) is 0 Å². The minimum Gasteiger partial charge on any atom is -0.349 e. The first-order valence-corrected chi connectivity index (χ1v) is 9.40. The summed E-state index contributed by atoms with van der Waals surface area (Å²) in [6, 6.07) is 12.8. The van der Waals surface area contributed by atoms with Gasteiger partial charge in [-0.1, -0.05) is 54.4 Å². The molecular weight excluding hydrogens is 345 g/mol. The molecule has 2 rings (SSSR count). The molecule has 2 nitrogen and oxygen atoms in total. The van der Waals surface area contributed by atoms with E-state index in [9.17, 15) is 9.18 Å². The normalized spacial score (nSPS) is 12.0. The molecule has 1 amide bonds. The number of hydrogen-bond donors (Lipinski definition) is 1. The van der Waals surface area contributed by atoms with Crippen molar-refractivity contribution in [3.05, 3.63) is 70.0 Å². The van der Waals surface area contributed by atoms with Crippen LogP contribution < -0.4 is 5.32 Å². The lowest BCUT2D eigenvalue weighted by Gasteiger charge is -2.17. The largest absolute Gasteiger partial charge is 0.349 e. The van der Waals surface area contributed by atoms with E-state index in [2.05, 4.69) is 5.32 Å². The predicted octanol–water partition coefficient (Wildman–Crippen LogP) is 5.29. The Kier molecular flexibility index (Phi) is 7.13. The topological polar surface area (TPSA) is 29.1 Å². The SMILES string of the molecule is CCC(NC(=O)CSCc1ccc(Cl)cc1F)c1ccc(C)cc1. The first-order chi connectivity index (χ1) is 11.5. The predicted molar refractivity (Wildman–Crippen MR) is 99.9 cm³/mol. The Morgan fingerprint density at radius 2 is 1.96 bits per heavy atom. The maximum absolute atomic E-state index is 13.7. The summed E-state index contributed by atoms with van der Waals surface area (Å²) in [7, 11) is 0. The Morgan fingerprint density at radius 3 is 2.58 bits per heavy atom. The Labute approximate surface area is 151 Å². The first-order valence-electron chi connectivity index (χ1n) is 7.87. The summed E-state index contributed by atoms with van der Waals surface area (Å²) >= 11 is 7.12. The molecule has 24 heavy (non-hydrogen) atoms. The number of benzene rings is 2. The van der Waals surface area contributed by atoms with Crippen molar-refractivity contribution in [3.8, 4) is 0 Å². The van der Waals surface area contributed by atoms with Crippen LogP contribution in [-0.2, 0) is 10.5 Å². The van der Waals surface area contributed by atoms with Gasteiger partial charge in [0.2, 0.25) is 5.91 Å². The molecule has 0 spiro atoms. The quantitative estimate of drug-likeness (QED) is 0.722. The zero-order valence-corrected chi connectivity index (χ0v) is 15.4. The number of nitrogens with one attached hydrogen (secondary N) is 1. The molecule has 0 saturated carbocycles. The molecule has 0 aliphatic carbocycles. The molecule has 0 aliphatic heterocycles. The zero-order chi connectivity index (χ0) is 17.5. The van der Waals surface area contributed by atoms with Gasteiger partial charge >= 0.3 is 0 Å². The molecular formula is C19H21ClFNOS. The number of carbonyl (C=O) groups excluding carboxylic acids is 1. The zero-order valence-electron chi connectivity index (χ0n) is 13.8. The fraction of sp³-hybridized carbons (Fsp3) is 0.316. The van der Waals surface area contributed by atoms with Crippen LogP contribution in [0.25, 0.3) is 0 Å². The third kappa shape index (κ3) is 5.53. The van der Waals surface area contributed by atoms with Crippen LogP contribution in [0.1, 0.15) is 36.1 Å². The average Bonchev–Trinajstić information content (AvgIpc) is 2.55. The molecule has 1 N–H and O–H groups in total. The van der Waals surface area contributed by atoms with Crippen molar-refractivity contribution in [1.29, 1.82) is 0 Å². The highest BCUT2D eigenvalue weighted by molar-refractivity contribution is 7.99. The van der Waals surface area contributed by atoms with E-state index in [0.717, 1.165) is 12.0 Å². The molecule has 0 saturated heterocycles. The Hall–Kier alpha value is -1.52. The van der Waals surface area contributed by atoms with Crippen LogP contribution in [0, 0.1) is 12.7 Å². The van der Waals surface area contributed by atoms with Crippen molar-refractivity contribution < 1.29 is 9.18 Å². The summed E-state index contributed by atoms with van der Waals surface area (Å²) in [5, 5.41) is 3.42. The first kappa shape index (κ1) is 18.8. The van der Waals surface area contributed by atoms with Crippen molar-refractivity contribution in [1.82, 2.24) is 5.32 Å². The van der Waals surface area contributed by atoms with E-state index < -0.39 is 0 Å². The van der Waals surface area contributed by atoms with Gasteiger partial charge in [0, 0.05) is 10.8 Å². The molecule has 0 radical (unpaired) electrons. The molecule has 5 heteroatoms.